The molecule has 2 saturated heterocycles. The van der Waals surface area contributed by atoms with Crippen LogP contribution >= 0.6 is 0 Å². The average molecular weight is 624 g/mol. The second kappa shape index (κ2) is 11.4. The van der Waals surface area contributed by atoms with Crippen LogP contribution in [0, 0.1) is 11.2 Å². The van der Waals surface area contributed by atoms with E-state index in [9.17, 15) is 9.18 Å². The molecule has 0 atom stereocenters. The lowest BCUT2D eigenvalue weighted by molar-refractivity contribution is -0.0355. The van der Waals surface area contributed by atoms with E-state index in [-0.39, 0.29) is 11.2 Å². The first kappa shape index (κ1) is 29.5. The minimum atomic E-state index is -0.384. The number of aromatic nitrogens is 2. The molecule has 240 valence electrons. The zero-order chi connectivity index (χ0) is 31.5. The SMILES string of the molecule is CC1(C)COc2cc(CN3CCN(C4CC5(CCN(c6ccc(C=O)c(Oc7cnc8[nH]cc(F)c8c7)c6)CC5)C4)CC3)ccc21. The van der Waals surface area contributed by atoms with Gasteiger partial charge in [-0.3, -0.25) is 14.6 Å². The van der Waals surface area contributed by atoms with Crippen LogP contribution in [0.1, 0.15) is 61.0 Å². The Morgan fingerprint density at radius 2 is 1.85 bits per heavy atom. The Morgan fingerprint density at radius 1 is 1.04 bits per heavy atom. The van der Waals surface area contributed by atoms with Crippen molar-refractivity contribution in [3.8, 4) is 17.2 Å². The molecule has 0 unspecified atom stereocenters. The van der Waals surface area contributed by atoms with Crippen LogP contribution in [0.2, 0.25) is 0 Å². The van der Waals surface area contributed by atoms with E-state index in [0.29, 0.717) is 39.6 Å². The molecule has 4 aromatic rings. The maximum Gasteiger partial charge on any atom is 0.153 e. The third kappa shape index (κ3) is 5.43. The van der Waals surface area contributed by atoms with Gasteiger partial charge in [0, 0.05) is 80.8 Å². The minimum Gasteiger partial charge on any atom is -0.492 e. The van der Waals surface area contributed by atoms with E-state index in [1.54, 1.807) is 12.3 Å². The number of benzene rings is 2. The Labute approximate surface area is 269 Å². The first-order valence-electron chi connectivity index (χ1n) is 16.6. The van der Waals surface area contributed by atoms with Gasteiger partial charge in [-0.05, 0) is 60.9 Å². The standard InChI is InChI=1S/C37H42FN5O3/c1-36(2)24-45-34-15-25(3-6-31(34)36)22-41-11-13-43(14-12-41)28-18-37(19-28)7-9-42(10-8-37)27-5-4-26(23-44)33(16-27)46-29-17-30-32(38)21-40-35(30)39-20-29/h3-6,15-17,20-21,23,28H,7-14,18-19,22,24H2,1-2H3,(H,39,40). The fraction of sp³-hybridized carbons (Fsp3) is 0.459. The van der Waals surface area contributed by atoms with Crippen LogP contribution in [-0.2, 0) is 12.0 Å². The summed E-state index contributed by atoms with van der Waals surface area (Å²) >= 11 is 0. The third-order valence-electron chi connectivity index (χ3n) is 11.0. The number of carbonyl (C=O) groups excluding carboxylic acids is 1. The van der Waals surface area contributed by atoms with Crippen LogP contribution in [0.25, 0.3) is 11.0 Å². The molecular weight excluding hydrogens is 581 g/mol. The molecule has 9 heteroatoms. The second-order valence-corrected chi connectivity index (χ2v) is 14.5. The van der Waals surface area contributed by atoms with Crippen molar-refractivity contribution >= 4 is 23.0 Å². The van der Waals surface area contributed by atoms with Crippen LogP contribution in [0.4, 0.5) is 10.1 Å². The highest BCUT2D eigenvalue weighted by atomic mass is 19.1. The largest absolute Gasteiger partial charge is 0.492 e. The number of fused-ring (bicyclic) bond motifs is 2. The number of carbonyl (C=O) groups is 1. The number of rotatable bonds is 7. The van der Waals surface area contributed by atoms with Gasteiger partial charge < -0.3 is 19.4 Å². The molecule has 4 aliphatic rings. The van der Waals surface area contributed by atoms with Crippen LogP contribution in [0.15, 0.2) is 54.9 Å². The zero-order valence-corrected chi connectivity index (χ0v) is 26.7. The molecule has 1 aliphatic carbocycles. The third-order valence-corrected chi connectivity index (χ3v) is 11.0. The Balaban J connectivity index is 0.833. The highest BCUT2D eigenvalue weighted by Crippen LogP contribution is 2.51. The van der Waals surface area contributed by atoms with E-state index in [1.165, 1.54) is 43.0 Å². The monoisotopic (exact) mass is 623 g/mol. The van der Waals surface area contributed by atoms with Crippen molar-refractivity contribution in [1.82, 2.24) is 19.8 Å². The summed E-state index contributed by atoms with van der Waals surface area (Å²) in [4.78, 5) is 26.6. The molecule has 1 spiro atoms. The van der Waals surface area contributed by atoms with Gasteiger partial charge in [0.05, 0.1) is 23.8 Å². The lowest BCUT2D eigenvalue weighted by Gasteiger charge is -2.56. The molecule has 8 nitrogen and oxygen atoms in total. The molecule has 2 aromatic carbocycles. The van der Waals surface area contributed by atoms with Gasteiger partial charge in [-0.15, -0.1) is 0 Å². The smallest absolute Gasteiger partial charge is 0.153 e. The molecule has 0 bridgehead atoms. The predicted molar refractivity (Wildman–Crippen MR) is 177 cm³/mol. The summed E-state index contributed by atoms with van der Waals surface area (Å²) < 4.78 is 26.1. The Bertz CT molecular complexity index is 1760. The van der Waals surface area contributed by atoms with Crippen molar-refractivity contribution in [3.63, 3.8) is 0 Å². The number of H-pyrrole nitrogens is 1. The number of halogens is 1. The van der Waals surface area contributed by atoms with Crippen molar-refractivity contribution in [3.05, 3.63) is 77.4 Å². The molecule has 2 aromatic heterocycles. The summed E-state index contributed by atoms with van der Waals surface area (Å²) in [6.45, 7) is 12.8. The molecule has 3 aliphatic heterocycles. The Hall–Kier alpha value is -3.95. The number of hydrogen-bond acceptors (Lipinski definition) is 7. The van der Waals surface area contributed by atoms with Crippen molar-refractivity contribution in [2.75, 3.05) is 50.8 Å². The highest BCUT2D eigenvalue weighted by Gasteiger charge is 2.48. The van der Waals surface area contributed by atoms with Gasteiger partial charge in [-0.2, -0.15) is 0 Å². The van der Waals surface area contributed by atoms with Crippen LogP contribution in [0.5, 0.6) is 17.2 Å². The fourth-order valence-electron chi connectivity index (χ4n) is 8.11. The number of aromatic amines is 1. The lowest BCUT2D eigenvalue weighted by atomic mass is 9.60. The fourth-order valence-corrected chi connectivity index (χ4v) is 8.11. The maximum absolute atomic E-state index is 14.1. The van der Waals surface area contributed by atoms with Crippen molar-refractivity contribution in [2.24, 2.45) is 5.41 Å². The molecule has 46 heavy (non-hydrogen) atoms. The number of piperazine rings is 1. The number of anilines is 1. The quantitative estimate of drug-likeness (QED) is 0.234. The van der Waals surface area contributed by atoms with E-state index in [0.717, 1.165) is 70.1 Å². The number of nitrogens with zero attached hydrogens (tertiary/aromatic N) is 4. The summed E-state index contributed by atoms with van der Waals surface area (Å²) in [5, 5.41) is 0.359. The molecule has 5 heterocycles. The number of nitrogens with one attached hydrogen (secondary N) is 1. The van der Waals surface area contributed by atoms with Gasteiger partial charge >= 0.3 is 0 Å². The normalized spacial score (nSPS) is 21.2. The van der Waals surface area contributed by atoms with Gasteiger partial charge in [0.2, 0.25) is 0 Å². The summed E-state index contributed by atoms with van der Waals surface area (Å²) in [6, 6.07) is 14.9. The summed E-state index contributed by atoms with van der Waals surface area (Å²) in [5.74, 6) is 1.54. The lowest BCUT2D eigenvalue weighted by Crippen LogP contribution is -2.59. The number of aldehydes is 1. The molecule has 3 fully saturated rings. The average Bonchev–Trinajstić information content (AvgIpc) is 3.57. The minimum absolute atomic E-state index is 0.110. The molecule has 8 rings (SSSR count). The summed E-state index contributed by atoms with van der Waals surface area (Å²) in [6.07, 6.45) is 8.56. The molecular formula is C37H42FN5O3. The Morgan fingerprint density at radius 3 is 2.63 bits per heavy atom. The van der Waals surface area contributed by atoms with Crippen LogP contribution in [-0.4, -0.2) is 78.0 Å². The first-order chi connectivity index (χ1) is 22.3. The van der Waals surface area contributed by atoms with Gasteiger partial charge in [-0.1, -0.05) is 26.0 Å². The molecule has 1 N–H and O–H groups in total. The van der Waals surface area contributed by atoms with Gasteiger partial charge in [0.25, 0.3) is 0 Å². The topological polar surface area (TPSA) is 73.9 Å². The number of hydrogen-bond donors (Lipinski definition) is 1. The van der Waals surface area contributed by atoms with E-state index < -0.39 is 0 Å². The van der Waals surface area contributed by atoms with E-state index in [1.807, 2.05) is 18.2 Å². The second-order valence-electron chi connectivity index (χ2n) is 14.5. The first-order valence-corrected chi connectivity index (χ1v) is 16.6. The van der Waals surface area contributed by atoms with Crippen LogP contribution in [0.3, 0.4) is 0 Å². The van der Waals surface area contributed by atoms with Gasteiger partial charge in [-0.25, -0.2) is 9.37 Å². The molecule has 0 amide bonds. The van der Waals surface area contributed by atoms with E-state index in [4.69, 9.17) is 9.47 Å². The van der Waals surface area contributed by atoms with Gasteiger partial charge in [0.15, 0.2) is 6.29 Å². The molecule has 1 saturated carbocycles. The van der Waals surface area contributed by atoms with E-state index in [2.05, 4.69) is 56.7 Å². The van der Waals surface area contributed by atoms with E-state index >= 15 is 0 Å². The number of pyridine rings is 1. The van der Waals surface area contributed by atoms with Gasteiger partial charge in [0.1, 0.15) is 28.7 Å². The van der Waals surface area contributed by atoms with Crippen molar-refractivity contribution < 1.29 is 18.7 Å². The van der Waals surface area contributed by atoms with Crippen molar-refractivity contribution in [1.29, 1.82) is 0 Å². The molecule has 0 radical (unpaired) electrons. The maximum atomic E-state index is 14.1. The summed E-state index contributed by atoms with van der Waals surface area (Å²) in [7, 11) is 0. The zero-order valence-electron chi connectivity index (χ0n) is 26.7. The predicted octanol–water partition coefficient (Wildman–Crippen LogP) is 6.54. The number of ether oxygens (including phenoxy) is 2. The number of piperidine rings is 1. The van der Waals surface area contributed by atoms with Crippen molar-refractivity contribution in [2.45, 2.75) is 57.5 Å². The highest BCUT2D eigenvalue weighted by molar-refractivity contribution is 5.82. The Kier molecular flexibility index (Phi) is 7.29. The summed E-state index contributed by atoms with van der Waals surface area (Å²) in [5.41, 5.74) is 5.20. The van der Waals surface area contributed by atoms with Crippen LogP contribution < -0.4 is 14.4 Å².